The first-order valence-corrected chi connectivity index (χ1v) is 7.30. The van der Waals surface area contributed by atoms with Gasteiger partial charge >= 0.3 is 5.97 Å². The van der Waals surface area contributed by atoms with Crippen LogP contribution in [-0.4, -0.2) is 27.2 Å². The molecule has 0 radical (unpaired) electrons. The zero-order chi connectivity index (χ0) is 15.2. The third-order valence-corrected chi connectivity index (χ3v) is 3.75. The minimum atomic E-state index is -3.67. The number of nitrogens with one attached hydrogen (secondary N) is 1. The predicted molar refractivity (Wildman–Crippen MR) is 69.8 cm³/mol. The summed E-state index contributed by atoms with van der Waals surface area (Å²) in [5.74, 6) is -1.49. The molecular formula is C12H13FN2O4S. The highest BCUT2D eigenvalue weighted by atomic mass is 32.2. The average molecular weight is 300 g/mol. The molecule has 1 aromatic rings. The Bertz CT molecular complexity index is 637. The van der Waals surface area contributed by atoms with E-state index in [1.165, 1.54) is 13.2 Å². The van der Waals surface area contributed by atoms with Crippen molar-refractivity contribution in [2.75, 3.05) is 17.6 Å². The molecule has 0 saturated carbocycles. The Balaban J connectivity index is 2.67. The lowest BCUT2D eigenvalue weighted by Gasteiger charge is -2.08. The van der Waals surface area contributed by atoms with Gasteiger partial charge in [0.15, 0.2) is 0 Å². The van der Waals surface area contributed by atoms with Gasteiger partial charge in [0.25, 0.3) is 0 Å². The van der Waals surface area contributed by atoms with Crippen molar-refractivity contribution < 1.29 is 22.3 Å². The summed E-state index contributed by atoms with van der Waals surface area (Å²) in [7, 11) is -2.45. The third kappa shape index (κ3) is 4.85. The molecule has 0 fully saturated rings. The van der Waals surface area contributed by atoms with E-state index in [1.54, 1.807) is 6.07 Å². The van der Waals surface area contributed by atoms with Gasteiger partial charge in [-0.15, -0.1) is 0 Å². The standard InChI is InChI=1S/C12H13FN2O4S/c1-19-12(16)3-2-6-20(17,18)15-10-4-5-11(13)9(7-10)8-14/h4-5,7,15H,2-3,6H2,1H3. The van der Waals surface area contributed by atoms with E-state index in [4.69, 9.17) is 5.26 Å². The topological polar surface area (TPSA) is 96.3 Å². The van der Waals surface area contributed by atoms with E-state index in [0.717, 1.165) is 12.1 Å². The van der Waals surface area contributed by atoms with Crippen molar-refractivity contribution in [2.24, 2.45) is 0 Å². The van der Waals surface area contributed by atoms with Crippen LogP contribution in [0.1, 0.15) is 18.4 Å². The van der Waals surface area contributed by atoms with Gasteiger partial charge in [-0.2, -0.15) is 5.26 Å². The Morgan fingerprint density at radius 3 is 2.80 bits per heavy atom. The molecule has 20 heavy (non-hydrogen) atoms. The summed E-state index contributed by atoms with van der Waals surface area (Å²) in [6, 6.07) is 4.94. The molecule has 8 heteroatoms. The second kappa shape index (κ2) is 6.86. The molecule has 6 nitrogen and oxygen atoms in total. The lowest BCUT2D eigenvalue weighted by atomic mass is 10.2. The summed E-state index contributed by atoms with van der Waals surface area (Å²) >= 11 is 0. The van der Waals surface area contributed by atoms with Crippen LogP contribution >= 0.6 is 0 Å². The molecule has 108 valence electrons. The van der Waals surface area contributed by atoms with Crippen LogP contribution in [0.25, 0.3) is 0 Å². The number of hydrogen-bond acceptors (Lipinski definition) is 5. The van der Waals surface area contributed by atoms with E-state index in [1.807, 2.05) is 0 Å². The summed E-state index contributed by atoms with van der Waals surface area (Å²) in [4.78, 5) is 10.9. The maximum Gasteiger partial charge on any atom is 0.305 e. The fourth-order valence-corrected chi connectivity index (χ4v) is 2.53. The van der Waals surface area contributed by atoms with Crippen molar-refractivity contribution in [3.8, 4) is 6.07 Å². The zero-order valence-electron chi connectivity index (χ0n) is 10.7. The van der Waals surface area contributed by atoms with E-state index in [-0.39, 0.29) is 29.8 Å². The molecule has 1 aromatic carbocycles. The van der Waals surface area contributed by atoms with Gasteiger partial charge < -0.3 is 4.74 Å². The summed E-state index contributed by atoms with van der Waals surface area (Å²) in [6.07, 6.45) is 0.0958. The van der Waals surface area contributed by atoms with Crippen LogP contribution in [0.3, 0.4) is 0 Å². The maximum absolute atomic E-state index is 13.1. The fourth-order valence-electron chi connectivity index (χ4n) is 1.41. The number of carbonyl (C=O) groups is 1. The van der Waals surface area contributed by atoms with Crippen molar-refractivity contribution >= 4 is 21.7 Å². The van der Waals surface area contributed by atoms with Gasteiger partial charge in [-0.1, -0.05) is 0 Å². The SMILES string of the molecule is COC(=O)CCCS(=O)(=O)Nc1ccc(F)c(C#N)c1. The molecule has 0 saturated heterocycles. The number of nitriles is 1. The molecule has 0 bridgehead atoms. The number of nitrogens with zero attached hydrogens (tertiary/aromatic N) is 1. The zero-order valence-corrected chi connectivity index (χ0v) is 11.5. The van der Waals surface area contributed by atoms with Gasteiger partial charge in [-0.05, 0) is 24.6 Å². The number of esters is 1. The van der Waals surface area contributed by atoms with Gasteiger partial charge in [0.05, 0.1) is 18.4 Å². The Morgan fingerprint density at radius 1 is 1.50 bits per heavy atom. The Hall–Kier alpha value is -2.14. The van der Waals surface area contributed by atoms with Crippen LogP contribution in [0, 0.1) is 17.1 Å². The highest BCUT2D eigenvalue weighted by Gasteiger charge is 2.13. The Kier molecular flexibility index (Phi) is 5.46. The van der Waals surface area contributed by atoms with Crippen molar-refractivity contribution in [2.45, 2.75) is 12.8 Å². The molecule has 0 spiro atoms. The molecule has 0 aliphatic heterocycles. The van der Waals surface area contributed by atoms with E-state index >= 15 is 0 Å². The number of anilines is 1. The van der Waals surface area contributed by atoms with Crippen LogP contribution < -0.4 is 4.72 Å². The number of halogens is 1. The predicted octanol–water partition coefficient (Wildman–Crippen LogP) is 1.39. The van der Waals surface area contributed by atoms with Crippen molar-refractivity contribution in [3.63, 3.8) is 0 Å². The monoisotopic (exact) mass is 300 g/mol. The molecule has 0 aliphatic rings. The van der Waals surface area contributed by atoms with Gasteiger partial charge in [-0.3, -0.25) is 9.52 Å². The first-order valence-electron chi connectivity index (χ1n) is 5.65. The van der Waals surface area contributed by atoms with Crippen LogP contribution in [-0.2, 0) is 19.6 Å². The number of hydrogen-bond donors (Lipinski definition) is 1. The van der Waals surface area contributed by atoms with E-state index in [0.29, 0.717) is 0 Å². The number of methoxy groups -OCH3 is 1. The summed E-state index contributed by atoms with van der Waals surface area (Å²) in [5, 5.41) is 8.65. The molecule has 0 heterocycles. The number of benzene rings is 1. The average Bonchev–Trinajstić information content (AvgIpc) is 2.40. The lowest BCUT2D eigenvalue weighted by molar-refractivity contribution is -0.140. The lowest BCUT2D eigenvalue weighted by Crippen LogP contribution is -2.17. The van der Waals surface area contributed by atoms with Crippen molar-refractivity contribution in [1.29, 1.82) is 5.26 Å². The number of ether oxygens (including phenoxy) is 1. The summed E-state index contributed by atoms with van der Waals surface area (Å²) < 4.78 is 43.1. The van der Waals surface area contributed by atoms with E-state index < -0.39 is 21.8 Å². The second-order valence-electron chi connectivity index (χ2n) is 3.91. The van der Waals surface area contributed by atoms with Crippen LogP contribution in [0.15, 0.2) is 18.2 Å². The van der Waals surface area contributed by atoms with Crippen LogP contribution in [0.2, 0.25) is 0 Å². The van der Waals surface area contributed by atoms with E-state index in [9.17, 15) is 17.6 Å². The minimum Gasteiger partial charge on any atom is -0.469 e. The summed E-state index contributed by atoms with van der Waals surface area (Å²) in [5.41, 5.74) is -0.152. The van der Waals surface area contributed by atoms with Crippen molar-refractivity contribution in [1.82, 2.24) is 0 Å². The molecule has 0 atom stereocenters. The number of carbonyl (C=O) groups excluding carboxylic acids is 1. The van der Waals surface area contributed by atoms with Gasteiger partial charge in [-0.25, -0.2) is 12.8 Å². The van der Waals surface area contributed by atoms with Gasteiger partial charge in [0.2, 0.25) is 10.0 Å². The first kappa shape index (κ1) is 15.9. The molecule has 0 unspecified atom stereocenters. The smallest absolute Gasteiger partial charge is 0.305 e. The maximum atomic E-state index is 13.1. The number of rotatable bonds is 6. The van der Waals surface area contributed by atoms with Crippen molar-refractivity contribution in [3.05, 3.63) is 29.6 Å². The minimum absolute atomic E-state index is 0.00965. The quantitative estimate of drug-likeness (QED) is 0.801. The molecule has 0 amide bonds. The Morgan fingerprint density at radius 2 is 2.20 bits per heavy atom. The second-order valence-corrected chi connectivity index (χ2v) is 5.75. The fraction of sp³-hybridized carbons (Fsp3) is 0.333. The third-order valence-electron chi connectivity index (χ3n) is 2.38. The largest absolute Gasteiger partial charge is 0.469 e. The molecule has 0 aliphatic carbocycles. The molecule has 0 aromatic heterocycles. The van der Waals surface area contributed by atoms with E-state index in [2.05, 4.69) is 9.46 Å². The first-order chi connectivity index (χ1) is 9.38. The van der Waals surface area contributed by atoms with Crippen LogP contribution in [0.5, 0.6) is 0 Å². The normalized spacial score (nSPS) is 10.7. The highest BCUT2D eigenvalue weighted by Crippen LogP contribution is 2.15. The highest BCUT2D eigenvalue weighted by molar-refractivity contribution is 7.92. The summed E-state index contributed by atoms with van der Waals surface area (Å²) in [6.45, 7) is 0. The Labute approximate surface area is 116 Å². The molecular weight excluding hydrogens is 287 g/mol. The van der Waals surface area contributed by atoms with Crippen LogP contribution in [0.4, 0.5) is 10.1 Å². The van der Waals surface area contributed by atoms with Gasteiger partial charge in [0, 0.05) is 12.1 Å². The molecule has 1 rings (SSSR count). The number of sulfonamides is 1. The molecule has 1 N–H and O–H groups in total. The van der Waals surface area contributed by atoms with Gasteiger partial charge in [0.1, 0.15) is 11.9 Å².